The lowest BCUT2D eigenvalue weighted by Gasteiger charge is -2.25. The highest BCUT2D eigenvalue weighted by Gasteiger charge is 2.43. The van der Waals surface area contributed by atoms with Crippen molar-refractivity contribution in [2.75, 3.05) is 20.3 Å². The van der Waals surface area contributed by atoms with Crippen molar-refractivity contribution in [2.24, 2.45) is 0 Å². The third kappa shape index (κ3) is 4.39. The zero-order valence-corrected chi connectivity index (χ0v) is 15.9. The number of hydrogen-bond acceptors (Lipinski definition) is 5. The fourth-order valence-corrected chi connectivity index (χ4v) is 4.89. The second-order valence-electron chi connectivity index (χ2n) is 6.42. The molecule has 1 aromatic rings. The van der Waals surface area contributed by atoms with Crippen LogP contribution in [-0.4, -0.2) is 49.2 Å². The predicted molar refractivity (Wildman–Crippen MR) is 94.9 cm³/mol. The van der Waals surface area contributed by atoms with Gasteiger partial charge in [0.05, 0.1) is 24.9 Å². The number of hydrogen-bond donors (Lipinski definition) is 0. The SMILES string of the molecule is CCC1OC(C)CC1OP1OC(c2ccccc2)CN1C(=O)COC. The molecule has 5 unspecified atom stereocenters. The maximum atomic E-state index is 12.4. The van der Waals surface area contributed by atoms with E-state index in [0.717, 1.165) is 18.4 Å². The maximum Gasteiger partial charge on any atom is 0.293 e. The van der Waals surface area contributed by atoms with Crippen molar-refractivity contribution in [1.82, 2.24) is 4.67 Å². The standard InChI is InChI=1S/C18H26NO5P/c1-4-15-16(10-13(2)22-15)23-25-19(18(20)12-21-3)11-17(24-25)14-8-6-5-7-9-14/h5-9,13,15-17H,4,10-12H2,1-3H3. The fourth-order valence-electron chi connectivity index (χ4n) is 3.24. The van der Waals surface area contributed by atoms with Gasteiger partial charge in [-0.2, -0.15) is 0 Å². The van der Waals surface area contributed by atoms with Gasteiger partial charge in [0, 0.05) is 13.5 Å². The summed E-state index contributed by atoms with van der Waals surface area (Å²) in [5, 5.41) is 0. The summed E-state index contributed by atoms with van der Waals surface area (Å²) in [6.45, 7) is 4.65. The first-order chi connectivity index (χ1) is 12.1. The van der Waals surface area contributed by atoms with Gasteiger partial charge in [0.1, 0.15) is 12.7 Å². The molecule has 0 aliphatic carbocycles. The zero-order valence-electron chi connectivity index (χ0n) is 15.0. The third-order valence-corrected chi connectivity index (χ3v) is 6.16. The van der Waals surface area contributed by atoms with Crippen molar-refractivity contribution < 1.29 is 23.3 Å². The smallest absolute Gasteiger partial charge is 0.293 e. The predicted octanol–water partition coefficient (Wildman–Crippen LogP) is 3.43. The lowest BCUT2D eigenvalue weighted by molar-refractivity contribution is -0.130. The molecule has 2 fully saturated rings. The number of ether oxygens (including phenoxy) is 2. The highest BCUT2D eigenvalue weighted by molar-refractivity contribution is 7.45. The summed E-state index contributed by atoms with van der Waals surface area (Å²) in [6, 6.07) is 9.94. The van der Waals surface area contributed by atoms with Crippen LogP contribution in [0.1, 0.15) is 38.4 Å². The normalized spacial score (nSPS) is 32.3. The Bertz CT molecular complexity index is 572. The number of benzene rings is 1. The van der Waals surface area contributed by atoms with E-state index in [1.807, 2.05) is 30.3 Å². The van der Waals surface area contributed by atoms with Crippen LogP contribution in [0.4, 0.5) is 0 Å². The highest BCUT2D eigenvalue weighted by Crippen LogP contribution is 2.55. The molecular formula is C18H26NO5P. The van der Waals surface area contributed by atoms with Crippen molar-refractivity contribution in [3.8, 4) is 0 Å². The summed E-state index contributed by atoms with van der Waals surface area (Å²) in [6.07, 6.45) is 1.71. The molecule has 2 aliphatic heterocycles. The van der Waals surface area contributed by atoms with E-state index in [4.69, 9.17) is 18.5 Å². The monoisotopic (exact) mass is 367 g/mol. The van der Waals surface area contributed by atoms with Crippen LogP contribution < -0.4 is 0 Å². The number of nitrogens with zero attached hydrogens (tertiary/aromatic N) is 1. The van der Waals surface area contributed by atoms with E-state index >= 15 is 0 Å². The Morgan fingerprint density at radius 2 is 2.12 bits per heavy atom. The second-order valence-corrected chi connectivity index (χ2v) is 7.80. The highest BCUT2D eigenvalue weighted by atomic mass is 31.2. The molecule has 138 valence electrons. The van der Waals surface area contributed by atoms with Crippen molar-refractivity contribution in [3.63, 3.8) is 0 Å². The molecule has 3 rings (SSSR count). The van der Waals surface area contributed by atoms with Gasteiger partial charge in [-0.05, 0) is 18.9 Å². The van der Waals surface area contributed by atoms with E-state index in [1.54, 1.807) is 4.67 Å². The Kier molecular flexibility index (Phi) is 6.42. The summed E-state index contributed by atoms with van der Waals surface area (Å²) in [5.74, 6) is -0.105. The van der Waals surface area contributed by atoms with Crippen LogP contribution in [0.5, 0.6) is 0 Å². The van der Waals surface area contributed by atoms with Crippen LogP contribution in [-0.2, 0) is 23.3 Å². The van der Waals surface area contributed by atoms with Crippen LogP contribution in [0.15, 0.2) is 30.3 Å². The Morgan fingerprint density at radius 1 is 1.36 bits per heavy atom. The largest absolute Gasteiger partial charge is 0.375 e. The van der Waals surface area contributed by atoms with Crippen molar-refractivity contribution >= 4 is 14.4 Å². The van der Waals surface area contributed by atoms with Gasteiger partial charge in [0.15, 0.2) is 0 Å². The average molecular weight is 367 g/mol. The Morgan fingerprint density at radius 3 is 2.80 bits per heavy atom. The molecule has 7 heteroatoms. The number of rotatable bonds is 6. The lowest BCUT2D eigenvalue weighted by atomic mass is 10.1. The minimum absolute atomic E-state index is 0.0296. The topological polar surface area (TPSA) is 57.2 Å². The van der Waals surface area contributed by atoms with Crippen molar-refractivity contribution in [2.45, 2.75) is 51.1 Å². The first-order valence-corrected chi connectivity index (χ1v) is 9.88. The number of amides is 1. The molecule has 25 heavy (non-hydrogen) atoms. The van der Waals surface area contributed by atoms with Gasteiger partial charge in [-0.25, -0.2) is 0 Å². The van der Waals surface area contributed by atoms with Gasteiger partial charge in [0.2, 0.25) is 0 Å². The number of carbonyl (C=O) groups excluding carboxylic acids is 1. The first-order valence-electron chi connectivity index (χ1n) is 8.75. The van der Waals surface area contributed by atoms with Gasteiger partial charge >= 0.3 is 0 Å². The van der Waals surface area contributed by atoms with Crippen molar-refractivity contribution in [3.05, 3.63) is 35.9 Å². The lowest BCUT2D eigenvalue weighted by Crippen LogP contribution is -2.30. The first kappa shape index (κ1) is 18.7. The van der Waals surface area contributed by atoms with Gasteiger partial charge in [-0.3, -0.25) is 9.46 Å². The summed E-state index contributed by atoms with van der Waals surface area (Å²) in [4.78, 5) is 12.4. The van der Waals surface area contributed by atoms with E-state index in [1.165, 1.54) is 7.11 Å². The average Bonchev–Trinajstić information content (AvgIpc) is 3.19. The quantitative estimate of drug-likeness (QED) is 0.721. The van der Waals surface area contributed by atoms with E-state index in [0.29, 0.717) is 6.54 Å². The zero-order chi connectivity index (χ0) is 17.8. The van der Waals surface area contributed by atoms with Crippen molar-refractivity contribution in [1.29, 1.82) is 0 Å². The van der Waals surface area contributed by atoms with Crippen LogP contribution in [0.3, 0.4) is 0 Å². The molecular weight excluding hydrogens is 341 g/mol. The molecule has 0 spiro atoms. The van der Waals surface area contributed by atoms with E-state index < -0.39 is 8.53 Å². The molecule has 1 amide bonds. The molecule has 0 bridgehead atoms. The van der Waals surface area contributed by atoms with E-state index in [2.05, 4.69) is 13.8 Å². The number of carbonyl (C=O) groups is 1. The summed E-state index contributed by atoms with van der Waals surface area (Å²) in [5.41, 5.74) is 1.05. The molecule has 2 heterocycles. The van der Waals surface area contributed by atoms with Gasteiger partial charge in [-0.15, -0.1) is 0 Å². The summed E-state index contributed by atoms with van der Waals surface area (Å²) >= 11 is 0. The maximum absolute atomic E-state index is 12.4. The Labute approximate surface area is 150 Å². The summed E-state index contributed by atoms with van der Waals surface area (Å²) < 4.78 is 25.0. The number of methoxy groups -OCH3 is 1. The van der Waals surface area contributed by atoms with Gasteiger partial charge < -0.3 is 18.5 Å². The van der Waals surface area contributed by atoms with Gasteiger partial charge in [0.25, 0.3) is 14.4 Å². The summed E-state index contributed by atoms with van der Waals surface area (Å²) in [7, 11) is 0.0590. The molecule has 1 aromatic carbocycles. The van der Waals surface area contributed by atoms with E-state index in [9.17, 15) is 4.79 Å². The van der Waals surface area contributed by atoms with Crippen LogP contribution in [0, 0.1) is 0 Å². The fraction of sp³-hybridized carbons (Fsp3) is 0.611. The van der Waals surface area contributed by atoms with Crippen LogP contribution >= 0.6 is 8.53 Å². The Balaban J connectivity index is 1.73. The second kappa shape index (κ2) is 8.56. The van der Waals surface area contributed by atoms with E-state index in [-0.39, 0.29) is 36.9 Å². The minimum atomic E-state index is -1.46. The van der Waals surface area contributed by atoms with Gasteiger partial charge in [-0.1, -0.05) is 37.3 Å². The third-order valence-electron chi connectivity index (χ3n) is 4.49. The molecule has 2 saturated heterocycles. The molecule has 2 aliphatic rings. The van der Waals surface area contributed by atoms with Crippen LogP contribution in [0.2, 0.25) is 0 Å². The molecule has 0 radical (unpaired) electrons. The molecule has 0 saturated carbocycles. The minimum Gasteiger partial charge on any atom is -0.375 e. The molecule has 5 atom stereocenters. The molecule has 0 N–H and O–H groups in total. The molecule has 6 nitrogen and oxygen atoms in total. The van der Waals surface area contributed by atoms with Crippen LogP contribution in [0.25, 0.3) is 0 Å². The Hall–Kier alpha value is -1.04. The molecule has 0 aromatic heterocycles.